The molecule has 0 radical (unpaired) electrons. The van der Waals surface area contributed by atoms with Crippen LogP contribution in [0.3, 0.4) is 0 Å². The fourth-order valence-corrected chi connectivity index (χ4v) is 1.95. The van der Waals surface area contributed by atoms with Crippen LogP contribution in [-0.4, -0.2) is 31.5 Å². The Morgan fingerprint density at radius 2 is 1.88 bits per heavy atom. The molecule has 0 saturated heterocycles. The maximum Gasteiger partial charge on any atom is 0.0720 e. The van der Waals surface area contributed by atoms with Gasteiger partial charge in [0.15, 0.2) is 0 Å². The number of aliphatic hydroxyl groups excluding tert-OH is 1. The Kier molecular flexibility index (Phi) is 6.44. The highest BCUT2D eigenvalue weighted by atomic mass is 35.5. The molecule has 0 aliphatic rings. The van der Waals surface area contributed by atoms with Crippen molar-refractivity contribution in [3.05, 3.63) is 22.2 Å². The summed E-state index contributed by atoms with van der Waals surface area (Å²) in [6.45, 7) is 1.68. The van der Waals surface area contributed by atoms with E-state index in [4.69, 9.17) is 38.8 Å². The summed E-state index contributed by atoms with van der Waals surface area (Å²) in [5, 5.41) is 12.6. The second kappa shape index (κ2) is 7.61. The number of nitrogen functional groups attached to an aromatic ring is 1. The summed E-state index contributed by atoms with van der Waals surface area (Å²) in [6, 6.07) is 3.30. The Morgan fingerprint density at radius 3 is 2.47 bits per heavy atom. The molecule has 0 aliphatic heterocycles. The van der Waals surface area contributed by atoms with Crippen LogP contribution < -0.4 is 11.1 Å². The summed E-state index contributed by atoms with van der Waals surface area (Å²) >= 11 is 12.0. The second-order valence-electron chi connectivity index (χ2n) is 3.48. The van der Waals surface area contributed by atoms with Crippen molar-refractivity contribution in [1.29, 1.82) is 0 Å². The summed E-state index contributed by atoms with van der Waals surface area (Å²) in [5.74, 6) is 0. The van der Waals surface area contributed by atoms with Crippen LogP contribution in [0.1, 0.15) is 6.42 Å². The smallest absolute Gasteiger partial charge is 0.0720 e. The van der Waals surface area contributed by atoms with Gasteiger partial charge in [-0.05, 0) is 18.6 Å². The van der Waals surface area contributed by atoms with Gasteiger partial charge in [0, 0.05) is 18.8 Å². The highest BCUT2D eigenvalue weighted by Crippen LogP contribution is 2.32. The highest BCUT2D eigenvalue weighted by Gasteiger charge is 2.06. The molecule has 0 bridgehead atoms. The van der Waals surface area contributed by atoms with Crippen LogP contribution in [0.15, 0.2) is 12.1 Å². The Balaban J connectivity index is 2.36. The molecular formula is C11H16Cl2N2O2. The lowest BCUT2D eigenvalue weighted by Crippen LogP contribution is -2.08. The zero-order valence-electron chi connectivity index (χ0n) is 9.38. The molecule has 0 unspecified atom stereocenters. The van der Waals surface area contributed by atoms with E-state index in [9.17, 15) is 0 Å². The Morgan fingerprint density at radius 1 is 1.24 bits per heavy atom. The molecule has 0 aliphatic carbocycles. The van der Waals surface area contributed by atoms with E-state index in [0.29, 0.717) is 41.2 Å². The summed E-state index contributed by atoms with van der Waals surface area (Å²) in [6.07, 6.45) is 0.803. The normalized spacial score (nSPS) is 10.5. The third-order valence-corrected chi connectivity index (χ3v) is 2.66. The molecule has 4 N–H and O–H groups in total. The van der Waals surface area contributed by atoms with Crippen LogP contribution >= 0.6 is 23.2 Å². The number of halogens is 2. The molecule has 1 aromatic carbocycles. The fraction of sp³-hybridized carbons (Fsp3) is 0.455. The summed E-state index contributed by atoms with van der Waals surface area (Å²) in [7, 11) is 0. The SMILES string of the molecule is Nc1cc(Cl)c(NCCCOCCO)c(Cl)c1. The topological polar surface area (TPSA) is 67.5 Å². The fourth-order valence-electron chi connectivity index (χ4n) is 1.32. The molecule has 0 atom stereocenters. The van der Waals surface area contributed by atoms with E-state index < -0.39 is 0 Å². The Hall–Kier alpha value is -0.680. The first-order valence-electron chi connectivity index (χ1n) is 5.32. The number of ether oxygens (including phenoxy) is 1. The third-order valence-electron chi connectivity index (χ3n) is 2.07. The van der Waals surface area contributed by atoms with Gasteiger partial charge in [-0.3, -0.25) is 0 Å². The number of anilines is 2. The van der Waals surface area contributed by atoms with Gasteiger partial charge in [0.25, 0.3) is 0 Å². The van der Waals surface area contributed by atoms with Gasteiger partial charge < -0.3 is 20.9 Å². The lowest BCUT2D eigenvalue weighted by Gasteiger charge is -2.11. The molecule has 0 spiro atoms. The van der Waals surface area contributed by atoms with Crippen molar-refractivity contribution in [3.8, 4) is 0 Å². The van der Waals surface area contributed by atoms with Crippen molar-refractivity contribution < 1.29 is 9.84 Å². The van der Waals surface area contributed by atoms with E-state index in [-0.39, 0.29) is 6.61 Å². The molecule has 1 aromatic rings. The predicted molar refractivity (Wildman–Crippen MR) is 71.9 cm³/mol. The average Bonchev–Trinajstić information content (AvgIpc) is 2.26. The first kappa shape index (κ1) is 14.4. The summed E-state index contributed by atoms with van der Waals surface area (Å²) in [4.78, 5) is 0. The van der Waals surface area contributed by atoms with Gasteiger partial charge in [0.1, 0.15) is 0 Å². The van der Waals surface area contributed by atoms with Gasteiger partial charge in [-0.25, -0.2) is 0 Å². The molecule has 1 rings (SSSR count). The van der Waals surface area contributed by atoms with Crippen LogP contribution in [0.2, 0.25) is 10.0 Å². The Bertz CT molecular complexity index is 338. The molecule has 0 amide bonds. The van der Waals surface area contributed by atoms with Crippen molar-refractivity contribution in [1.82, 2.24) is 0 Å². The van der Waals surface area contributed by atoms with E-state index in [0.717, 1.165) is 6.42 Å². The number of rotatable bonds is 7. The molecule has 0 heterocycles. The number of hydrogen-bond acceptors (Lipinski definition) is 4. The zero-order chi connectivity index (χ0) is 12.7. The maximum absolute atomic E-state index is 8.51. The monoisotopic (exact) mass is 278 g/mol. The number of nitrogens with one attached hydrogen (secondary N) is 1. The third kappa shape index (κ3) is 5.00. The van der Waals surface area contributed by atoms with Crippen LogP contribution in [0, 0.1) is 0 Å². The van der Waals surface area contributed by atoms with Gasteiger partial charge in [-0.1, -0.05) is 23.2 Å². The van der Waals surface area contributed by atoms with Crippen molar-refractivity contribution >= 4 is 34.6 Å². The molecule has 0 fully saturated rings. The minimum Gasteiger partial charge on any atom is -0.399 e. The molecule has 17 heavy (non-hydrogen) atoms. The minimum absolute atomic E-state index is 0.0447. The molecule has 6 heteroatoms. The molecule has 0 saturated carbocycles. The minimum atomic E-state index is 0.0447. The van der Waals surface area contributed by atoms with Crippen molar-refractivity contribution in [2.45, 2.75) is 6.42 Å². The van der Waals surface area contributed by atoms with E-state index in [1.54, 1.807) is 12.1 Å². The molecule has 4 nitrogen and oxygen atoms in total. The van der Waals surface area contributed by atoms with Gasteiger partial charge in [0.05, 0.1) is 28.9 Å². The second-order valence-corrected chi connectivity index (χ2v) is 4.29. The molecular weight excluding hydrogens is 263 g/mol. The van der Waals surface area contributed by atoms with Crippen LogP contribution in [0.4, 0.5) is 11.4 Å². The largest absolute Gasteiger partial charge is 0.399 e. The van der Waals surface area contributed by atoms with Crippen molar-refractivity contribution in [2.75, 3.05) is 37.4 Å². The van der Waals surface area contributed by atoms with Gasteiger partial charge in [-0.2, -0.15) is 0 Å². The molecule has 96 valence electrons. The van der Waals surface area contributed by atoms with E-state index in [1.807, 2.05) is 0 Å². The Labute approximate surface area is 111 Å². The van der Waals surface area contributed by atoms with Gasteiger partial charge >= 0.3 is 0 Å². The summed E-state index contributed by atoms with van der Waals surface area (Å²) < 4.78 is 5.12. The molecule has 0 aromatic heterocycles. The first-order chi connectivity index (χ1) is 8.15. The standard InChI is InChI=1S/C11H16Cl2N2O2/c12-9-6-8(14)7-10(13)11(9)15-2-1-4-17-5-3-16/h6-7,15-16H,1-5,14H2. The number of hydrogen-bond donors (Lipinski definition) is 3. The van der Waals surface area contributed by atoms with E-state index in [2.05, 4.69) is 5.32 Å². The number of nitrogens with two attached hydrogens (primary N) is 1. The van der Waals surface area contributed by atoms with E-state index >= 15 is 0 Å². The lowest BCUT2D eigenvalue weighted by molar-refractivity contribution is 0.0922. The number of aliphatic hydroxyl groups is 1. The predicted octanol–water partition coefficient (Wildman–Crippen LogP) is 2.39. The van der Waals surface area contributed by atoms with Crippen molar-refractivity contribution in [2.24, 2.45) is 0 Å². The van der Waals surface area contributed by atoms with E-state index in [1.165, 1.54) is 0 Å². The van der Waals surface area contributed by atoms with Crippen LogP contribution in [0.25, 0.3) is 0 Å². The van der Waals surface area contributed by atoms with Gasteiger partial charge in [-0.15, -0.1) is 0 Å². The van der Waals surface area contributed by atoms with Crippen LogP contribution in [-0.2, 0) is 4.74 Å². The van der Waals surface area contributed by atoms with Crippen molar-refractivity contribution in [3.63, 3.8) is 0 Å². The van der Waals surface area contributed by atoms with Gasteiger partial charge in [0.2, 0.25) is 0 Å². The maximum atomic E-state index is 8.51. The van der Waals surface area contributed by atoms with Crippen LogP contribution in [0.5, 0.6) is 0 Å². The quantitative estimate of drug-likeness (QED) is 0.529. The lowest BCUT2D eigenvalue weighted by atomic mass is 10.2. The zero-order valence-corrected chi connectivity index (χ0v) is 10.9. The first-order valence-corrected chi connectivity index (χ1v) is 6.07. The number of benzene rings is 1. The summed E-state index contributed by atoms with van der Waals surface area (Å²) in [5.41, 5.74) is 6.82. The average molecular weight is 279 g/mol. The highest BCUT2D eigenvalue weighted by molar-refractivity contribution is 6.39.